The van der Waals surface area contributed by atoms with E-state index in [4.69, 9.17) is 9.47 Å². The van der Waals surface area contributed by atoms with Gasteiger partial charge < -0.3 is 25.0 Å². The number of hydrogen-bond donors (Lipinski definition) is 2. The molecule has 2 N–H and O–H groups in total. The molecule has 2 saturated heterocycles. The molecule has 1 atom stereocenters. The summed E-state index contributed by atoms with van der Waals surface area (Å²) in [5, 5.41) is 6.91. The molecule has 0 spiro atoms. The number of nitrogens with zero attached hydrogens (tertiary/aromatic N) is 2. The molecule has 152 valence electrons. The zero-order chi connectivity index (χ0) is 18.6. The largest absolute Gasteiger partial charge is 0.381 e. The van der Waals surface area contributed by atoms with Gasteiger partial charge in [0.2, 0.25) is 0 Å². The molecule has 1 unspecified atom stereocenters. The van der Waals surface area contributed by atoms with Crippen molar-refractivity contribution in [2.24, 2.45) is 16.8 Å². The summed E-state index contributed by atoms with van der Waals surface area (Å²) >= 11 is 0. The van der Waals surface area contributed by atoms with Crippen LogP contribution in [-0.4, -0.2) is 76.6 Å². The number of likely N-dealkylation sites (tertiary alicyclic amines) is 1. The van der Waals surface area contributed by atoms with Gasteiger partial charge in [0.15, 0.2) is 5.96 Å². The summed E-state index contributed by atoms with van der Waals surface area (Å²) in [7, 11) is 1.85. The van der Waals surface area contributed by atoms with Gasteiger partial charge >= 0.3 is 0 Å². The number of hydrogen-bond acceptors (Lipinski definition) is 4. The van der Waals surface area contributed by atoms with Gasteiger partial charge in [-0.1, -0.05) is 0 Å². The molecule has 2 heterocycles. The Labute approximate surface area is 160 Å². The molecule has 0 aliphatic carbocycles. The number of guanidine groups is 1. The molecule has 2 rings (SSSR count). The Hall–Kier alpha value is -0.850. The molecular weight excluding hydrogens is 328 g/mol. The van der Waals surface area contributed by atoms with Crippen LogP contribution in [0.2, 0.25) is 0 Å². The van der Waals surface area contributed by atoms with Crippen molar-refractivity contribution in [2.75, 3.05) is 59.7 Å². The first kappa shape index (κ1) is 21.5. The summed E-state index contributed by atoms with van der Waals surface area (Å²) in [6.07, 6.45) is 5.91. The highest BCUT2D eigenvalue weighted by Gasteiger charge is 2.21. The zero-order valence-corrected chi connectivity index (χ0v) is 17.1. The van der Waals surface area contributed by atoms with Gasteiger partial charge in [0.1, 0.15) is 0 Å². The van der Waals surface area contributed by atoms with Crippen molar-refractivity contribution in [3.8, 4) is 0 Å². The normalized spacial score (nSPS) is 23.4. The highest BCUT2D eigenvalue weighted by Crippen LogP contribution is 2.17. The fraction of sp³-hybridized carbons (Fsp3) is 0.950. The van der Waals surface area contributed by atoms with Crippen LogP contribution in [0.4, 0.5) is 0 Å². The lowest BCUT2D eigenvalue weighted by molar-refractivity contribution is 0.0203. The second-order valence-electron chi connectivity index (χ2n) is 7.96. The first-order valence-electron chi connectivity index (χ1n) is 10.5. The topological polar surface area (TPSA) is 58.1 Å². The van der Waals surface area contributed by atoms with Crippen molar-refractivity contribution in [3.63, 3.8) is 0 Å². The smallest absolute Gasteiger partial charge is 0.190 e. The summed E-state index contributed by atoms with van der Waals surface area (Å²) in [5.41, 5.74) is 0. The van der Waals surface area contributed by atoms with E-state index in [9.17, 15) is 0 Å². The fourth-order valence-electron chi connectivity index (χ4n) is 3.74. The Morgan fingerprint density at radius 2 is 2.00 bits per heavy atom. The van der Waals surface area contributed by atoms with Crippen LogP contribution in [-0.2, 0) is 9.47 Å². The van der Waals surface area contributed by atoms with Crippen molar-refractivity contribution >= 4 is 5.96 Å². The Kier molecular flexibility index (Phi) is 10.3. The predicted molar refractivity (Wildman–Crippen MR) is 108 cm³/mol. The first-order valence-corrected chi connectivity index (χ1v) is 10.5. The summed E-state index contributed by atoms with van der Waals surface area (Å²) in [6, 6.07) is 0.649. The summed E-state index contributed by atoms with van der Waals surface area (Å²) in [5.74, 6) is 2.32. The van der Waals surface area contributed by atoms with Gasteiger partial charge in [-0.25, -0.2) is 0 Å². The maximum absolute atomic E-state index is 5.82. The molecule has 6 heteroatoms. The third kappa shape index (κ3) is 8.23. The molecule has 26 heavy (non-hydrogen) atoms. The van der Waals surface area contributed by atoms with Crippen molar-refractivity contribution in [1.29, 1.82) is 0 Å². The Morgan fingerprint density at radius 1 is 1.19 bits per heavy atom. The van der Waals surface area contributed by atoms with Gasteiger partial charge in [-0.2, -0.15) is 0 Å². The van der Waals surface area contributed by atoms with Crippen molar-refractivity contribution in [3.05, 3.63) is 0 Å². The molecule has 6 nitrogen and oxygen atoms in total. The second-order valence-corrected chi connectivity index (χ2v) is 7.96. The van der Waals surface area contributed by atoms with Gasteiger partial charge in [-0.05, 0) is 64.3 Å². The first-order chi connectivity index (χ1) is 12.7. The Bertz CT molecular complexity index is 397. The minimum absolute atomic E-state index is 0.649. The minimum Gasteiger partial charge on any atom is -0.381 e. The summed E-state index contributed by atoms with van der Waals surface area (Å²) in [6.45, 7) is 12.4. The van der Waals surface area contributed by atoms with Crippen LogP contribution < -0.4 is 10.6 Å². The van der Waals surface area contributed by atoms with Crippen LogP contribution in [0, 0.1) is 11.8 Å². The monoisotopic (exact) mass is 368 g/mol. The van der Waals surface area contributed by atoms with E-state index in [1.165, 1.54) is 25.9 Å². The fourth-order valence-corrected chi connectivity index (χ4v) is 3.74. The lowest BCUT2D eigenvalue weighted by atomic mass is 9.97. The van der Waals surface area contributed by atoms with E-state index in [1.54, 1.807) is 0 Å². The summed E-state index contributed by atoms with van der Waals surface area (Å²) < 4.78 is 11.2. The molecule has 0 amide bonds. The Morgan fingerprint density at radius 3 is 2.73 bits per heavy atom. The maximum atomic E-state index is 5.82. The lowest BCUT2D eigenvalue weighted by Crippen LogP contribution is -2.46. The highest BCUT2D eigenvalue weighted by molar-refractivity contribution is 5.79. The third-order valence-corrected chi connectivity index (χ3v) is 5.51. The molecule has 0 aromatic carbocycles. The van der Waals surface area contributed by atoms with Crippen LogP contribution in [0.15, 0.2) is 4.99 Å². The average Bonchev–Trinajstić information content (AvgIpc) is 2.68. The van der Waals surface area contributed by atoms with Crippen molar-refractivity contribution in [2.45, 2.75) is 52.0 Å². The van der Waals surface area contributed by atoms with Gasteiger partial charge in [0.25, 0.3) is 0 Å². The van der Waals surface area contributed by atoms with E-state index >= 15 is 0 Å². The molecule has 0 radical (unpaired) electrons. The molecule has 2 aliphatic rings. The van der Waals surface area contributed by atoms with Gasteiger partial charge in [0.05, 0.1) is 0 Å². The number of rotatable bonds is 9. The number of aliphatic imine (C=N–C) groups is 1. The van der Waals surface area contributed by atoms with Crippen LogP contribution in [0.3, 0.4) is 0 Å². The molecule has 0 aromatic heterocycles. The second kappa shape index (κ2) is 12.5. The molecule has 2 aliphatic heterocycles. The maximum Gasteiger partial charge on any atom is 0.190 e. The SMILES string of the molecule is CN=C(NCCCOCC1CCOCC1)NCC1CCCN(C(C)C)C1. The van der Waals surface area contributed by atoms with Crippen LogP contribution in [0.5, 0.6) is 0 Å². The molecule has 0 aromatic rings. The highest BCUT2D eigenvalue weighted by atomic mass is 16.5. The van der Waals surface area contributed by atoms with Gasteiger partial charge in [0, 0.05) is 59.2 Å². The van der Waals surface area contributed by atoms with E-state index in [1.807, 2.05) is 7.05 Å². The molecule has 0 saturated carbocycles. The van der Waals surface area contributed by atoms with Crippen LogP contribution in [0.1, 0.15) is 46.0 Å². The van der Waals surface area contributed by atoms with Crippen molar-refractivity contribution < 1.29 is 9.47 Å². The van der Waals surface area contributed by atoms with Crippen LogP contribution >= 0.6 is 0 Å². The predicted octanol–water partition coefficient (Wildman–Crippen LogP) is 2.11. The number of ether oxygens (including phenoxy) is 2. The number of nitrogens with one attached hydrogen (secondary N) is 2. The average molecular weight is 369 g/mol. The van der Waals surface area contributed by atoms with E-state index in [-0.39, 0.29) is 0 Å². The van der Waals surface area contributed by atoms with Crippen molar-refractivity contribution in [1.82, 2.24) is 15.5 Å². The van der Waals surface area contributed by atoms with E-state index in [0.29, 0.717) is 17.9 Å². The van der Waals surface area contributed by atoms with Gasteiger partial charge in [-0.15, -0.1) is 0 Å². The molecular formula is C20H40N4O2. The van der Waals surface area contributed by atoms with E-state index in [0.717, 1.165) is 64.7 Å². The summed E-state index contributed by atoms with van der Waals surface area (Å²) in [4.78, 5) is 6.93. The van der Waals surface area contributed by atoms with E-state index in [2.05, 4.69) is 34.4 Å². The van der Waals surface area contributed by atoms with E-state index < -0.39 is 0 Å². The molecule has 2 fully saturated rings. The lowest BCUT2D eigenvalue weighted by Gasteiger charge is -2.35. The van der Waals surface area contributed by atoms with Gasteiger partial charge in [-0.3, -0.25) is 4.99 Å². The minimum atomic E-state index is 0.649. The van der Waals surface area contributed by atoms with Crippen LogP contribution in [0.25, 0.3) is 0 Å². The standard InChI is InChI=1S/C20H40N4O2/c1-17(2)24-10-4-6-19(15-24)14-23-20(21-3)22-9-5-11-26-16-18-7-12-25-13-8-18/h17-19H,4-16H2,1-3H3,(H2,21,22,23). The quantitative estimate of drug-likeness (QED) is 0.371. The number of piperidine rings is 1. The Balaban J connectivity index is 1.51. The zero-order valence-electron chi connectivity index (χ0n) is 17.1. The third-order valence-electron chi connectivity index (χ3n) is 5.51. The molecule has 0 bridgehead atoms.